The molecule has 0 aliphatic heterocycles. The molecular weight excluding hydrogens is 512 g/mol. The standard InChI is InChI=1S/C36H21ClN2O/c37-30-19-18-27-32-28(17-16-26(33(30)32)23-12-6-2-7-13-23)36(40)39-34-29(24-14-8-3-9-15-24)20-25(21-31(34)38-35(27)39)22-10-4-1-5-11-22/h1-21H. The minimum Gasteiger partial charge on any atom is -0.268 e. The third-order valence-electron chi connectivity index (χ3n) is 7.81. The Morgan fingerprint density at radius 2 is 1.15 bits per heavy atom. The minimum atomic E-state index is -0.0958. The lowest BCUT2D eigenvalue weighted by molar-refractivity contribution is 1.19. The number of fused-ring (bicyclic) bond motifs is 4. The quantitative estimate of drug-likeness (QED) is 0.227. The molecular formula is C36H21ClN2O. The summed E-state index contributed by atoms with van der Waals surface area (Å²) >= 11 is 6.85. The molecule has 0 unspecified atom stereocenters. The number of hydrogen-bond donors (Lipinski definition) is 0. The molecule has 0 aliphatic rings. The normalized spacial score (nSPS) is 11.7. The molecule has 0 bridgehead atoms. The van der Waals surface area contributed by atoms with Crippen molar-refractivity contribution in [1.82, 2.24) is 9.38 Å². The molecule has 8 aromatic rings. The van der Waals surface area contributed by atoms with Gasteiger partial charge in [0.05, 0.1) is 11.0 Å². The first kappa shape index (κ1) is 22.9. The van der Waals surface area contributed by atoms with Gasteiger partial charge in [-0.15, -0.1) is 0 Å². The van der Waals surface area contributed by atoms with Crippen molar-refractivity contribution in [3.8, 4) is 33.4 Å². The molecule has 0 radical (unpaired) electrons. The van der Waals surface area contributed by atoms with Gasteiger partial charge in [-0.25, -0.2) is 4.98 Å². The molecule has 0 spiro atoms. The second-order valence-corrected chi connectivity index (χ2v) is 10.5. The van der Waals surface area contributed by atoms with Crippen LogP contribution in [0.4, 0.5) is 0 Å². The van der Waals surface area contributed by atoms with Crippen LogP contribution in [0.15, 0.2) is 132 Å². The van der Waals surface area contributed by atoms with Crippen molar-refractivity contribution in [2.45, 2.75) is 0 Å². The maximum Gasteiger partial charge on any atom is 0.264 e. The molecule has 0 amide bonds. The Balaban J connectivity index is 1.55. The van der Waals surface area contributed by atoms with E-state index in [4.69, 9.17) is 16.6 Å². The third-order valence-corrected chi connectivity index (χ3v) is 8.13. The van der Waals surface area contributed by atoms with Gasteiger partial charge in [0.25, 0.3) is 5.56 Å². The lowest BCUT2D eigenvalue weighted by Gasteiger charge is -2.14. The Morgan fingerprint density at radius 1 is 0.550 bits per heavy atom. The maximum atomic E-state index is 14.3. The molecule has 2 aromatic heterocycles. The van der Waals surface area contributed by atoms with Gasteiger partial charge in [0.1, 0.15) is 5.65 Å². The summed E-state index contributed by atoms with van der Waals surface area (Å²) in [6.45, 7) is 0. The summed E-state index contributed by atoms with van der Waals surface area (Å²) < 4.78 is 1.79. The van der Waals surface area contributed by atoms with Crippen LogP contribution < -0.4 is 5.56 Å². The predicted octanol–water partition coefficient (Wildman–Crippen LogP) is 9.25. The van der Waals surface area contributed by atoms with Gasteiger partial charge in [-0.3, -0.25) is 9.20 Å². The fourth-order valence-electron chi connectivity index (χ4n) is 6.02. The first-order valence-corrected chi connectivity index (χ1v) is 13.6. The fourth-order valence-corrected chi connectivity index (χ4v) is 6.28. The van der Waals surface area contributed by atoms with Crippen molar-refractivity contribution < 1.29 is 0 Å². The maximum absolute atomic E-state index is 14.3. The molecule has 0 N–H and O–H groups in total. The number of hydrogen-bond acceptors (Lipinski definition) is 2. The minimum absolute atomic E-state index is 0.0958. The van der Waals surface area contributed by atoms with Gasteiger partial charge in [0.15, 0.2) is 0 Å². The monoisotopic (exact) mass is 532 g/mol. The average Bonchev–Trinajstić information content (AvgIpc) is 3.41. The summed E-state index contributed by atoms with van der Waals surface area (Å²) in [4.78, 5) is 19.5. The Labute approximate surface area is 234 Å². The van der Waals surface area contributed by atoms with E-state index in [0.29, 0.717) is 16.1 Å². The highest BCUT2D eigenvalue weighted by Crippen LogP contribution is 2.41. The Kier molecular flexibility index (Phi) is 5.03. The summed E-state index contributed by atoms with van der Waals surface area (Å²) in [5, 5.41) is 3.88. The van der Waals surface area contributed by atoms with E-state index < -0.39 is 0 Å². The second kappa shape index (κ2) is 8.77. The van der Waals surface area contributed by atoms with E-state index in [0.717, 1.165) is 60.6 Å². The highest BCUT2D eigenvalue weighted by atomic mass is 35.5. The number of benzene rings is 6. The summed E-state index contributed by atoms with van der Waals surface area (Å²) in [5.74, 6) is 0. The second-order valence-electron chi connectivity index (χ2n) is 10.1. The van der Waals surface area contributed by atoms with Gasteiger partial charge < -0.3 is 0 Å². The van der Waals surface area contributed by atoms with Gasteiger partial charge in [0, 0.05) is 32.1 Å². The van der Waals surface area contributed by atoms with Crippen molar-refractivity contribution in [3.63, 3.8) is 0 Å². The van der Waals surface area contributed by atoms with Gasteiger partial charge in [-0.1, -0.05) is 109 Å². The van der Waals surface area contributed by atoms with E-state index in [-0.39, 0.29) is 5.56 Å². The molecule has 3 nitrogen and oxygen atoms in total. The summed E-state index contributed by atoms with van der Waals surface area (Å²) in [6.07, 6.45) is 0. The molecule has 0 saturated heterocycles. The van der Waals surface area contributed by atoms with Crippen molar-refractivity contribution >= 4 is 49.8 Å². The van der Waals surface area contributed by atoms with E-state index >= 15 is 0 Å². The van der Waals surface area contributed by atoms with Crippen LogP contribution >= 0.6 is 11.6 Å². The zero-order valence-electron chi connectivity index (χ0n) is 21.3. The predicted molar refractivity (Wildman–Crippen MR) is 166 cm³/mol. The number of imidazole rings is 1. The van der Waals surface area contributed by atoms with Crippen LogP contribution in [0.3, 0.4) is 0 Å². The Bertz CT molecular complexity index is 2280. The van der Waals surface area contributed by atoms with E-state index in [1.807, 2.05) is 78.9 Å². The van der Waals surface area contributed by atoms with Gasteiger partial charge in [-0.2, -0.15) is 0 Å². The lowest BCUT2D eigenvalue weighted by Crippen LogP contribution is -2.14. The first-order valence-electron chi connectivity index (χ1n) is 13.2. The van der Waals surface area contributed by atoms with Crippen molar-refractivity contribution in [3.05, 3.63) is 143 Å². The SMILES string of the molecule is O=c1c2ccc(-c3ccccc3)c3c(Cl)ccc(c32)c2nc3cc(-c4ccccc4)cc(-c4ccccc4)c3n12. The molecule has 6 aromatic carbocycles. The molecule has 40 heavy (non-hydrogen) atoms. The van der Waals surface area contributed by atoms with Crippen LogP contribution in [0, 0.1) is 0 Å². The Morgan fingerprint density at radius 3 is 1.82 bits per heavy atom. The highest BCUT2D eigenvalue weighted by Gasteiger charge is 2.22. The average molecular weight is 533 g/mol. The molecule has 188 valence electrons. The summed E-state index contributed by atoms with van der Waals surface area (Å²) in [5.41, 5.74) is 8.35. The zero-order chi connectivity index (χ0) is 26.8. The number of nitrogens with zero attached hydrogens (tertiary/aromatic N) is 2. The lowest BCUT2D eigenvalue weighted by atomic mass is 9.94. The summed E-state index contributed by atoms with van der Waals surface area (Å²) in [7, 11) is 0. The first-order chi connectivity index (χ1) is 19.7. The molecule has 8 rings (SSSR count). The van der Waals surface area contributed by atoms with E-state index in [1.165, 1.54) is 0 Å². The van der Waals surface area contributed by atoms with Crippen LogP contribution in [-0.4, -0.2) is 9.38 Å². The number of aromatic nitrogens is 2. The van der Waals surface area contributed by atoms with E-state index in [2.05, 4.69) is 48.5 Å². The molecule has 0 aliphatic carbocycles. The zero-order valence-corrected chi connectivity index (χ0v) is 22.1. The number of rotatable bonds is 3. The van der Waals surface area contributed by atoms with E-state index in [9.17, 15) is 4.79 Å². The number of halogens is 1. The largest absolute Gasteiger partial charge is 0.268 e. The van der Waals surface area contributed by atoms with Gasteiger partial charge >= 0.3 is 0 Å². The van der Waals surface area contributed by atoms with Crippen LogP contribution in [0.2, 0.25) is 5.02 Å². The molecule has 0 atom stereocenters. The van der Waals surface area contributed by atoms with Gasteiger partial charge in [0.2, 0.25) is 0 Å². The van der Waals surface area contributed by atoms with Crippen LogP contribution in [-0.2, 0) is 0 Å². The van der Waals surface area contributed by atoms with Crippen molar-refractivity contribution in [1.29, 1.82) is 0 Å². The van der Waals surface area contributed by atoms with Crippen LogP contribution in [0.25, 0.3) is 71.6 Å². The van der Waals surface area contributed by atoms with Crippen LogP contribution in [0.5, 0.6) is 0 Å². The molecule has 0 fully saturated rings. The number of pyridine rings is 1. The molecule has 4 heteroatoms. The highest BCUT2D eigenvalue weighted by molar-refractivity contribution is 6.39. The topological polar surface area (TPSA) is 34.4 Å². The van der Waals surface area contributed by atoms with Crippen molar-refractivity contribution in [2.75, 3.05) is 0 Å². The Hall–Kier alpha value is -4.99. The molecule has 2 heterocycles. The van der Waals surface area contributed by atoms with Gasteiger partial charge in [-0.05, 0) is 58.1 Å². The molecule has 0 saturated carbocycles. The fraction of sp³-hybridized carbons (Fsp3) is 0. The summed E-state index contributed by atoms with van der Waals surface area (Å²) in [6, 6.07) is 42.8. The van der Waals surface area contributed by atoms with Crippen molar-refractivity contribution in [2.24, 2.45) is 0 Å². The smallest absolute Gasteiger partial charge is 0.264 e. The third kappa shape index (κ3) is 3.32. The van der Waals surface area contributed by atoms with Crippen LogP contribution in [0.1, 0.15) is 0 Å². The van der Waals surface area contributed by atoms with E-state index in [1.54, 1.807) is 4.40 Å².